The number of hydrogen-bond donors (Lipinski definition) is 3. The molecule has 0 saturated carbocycles. The zero-order valence-corrected chi connectivity index (χ0v) is 41.9. The lowest BCUT2D eigenvalue weighted by molar-refractivity contribution is 0.101. The highest BCUT2D eigenvalue weighted by Crippen LogP contribution is 2.25. The molecule has 364 valence electrons. The number of hydrogen-bond acceptors (Lipinski definition) is 15. The van der Waals surface area contributed by atoms with E-state index in [-0.39, 0.29) is 42.6 Å². The molecule has 2 aliphatic heterocycles. The van der Waals surface area contributed by atoms with Crippen molar-refractivity contribution in [3.63, 3.8) is 0 Å². The van der Waals surface area contributed by atoms with E-state index in [0.29, 0.717) is 53.3 Å². The van der Waals surface area contributed by atoms with E-state index >= 15 is 0 Å². The molecular weight excluding hydrogens is 960 g/mol. The van der Waals surface area contributed by atoms with Crippen molar-refractivity contribution in [1.29, 1.82) is 0 Å². The first kappa shape index (κ1) is 53.1. The largest absolute Gasteiger partial charge is 0.312 e. The average molecular weight is 1010 g/mol. The third-order valence-corrected chi connectivity index (χ3v) is 14.0. The van der Waals surface area contributed by atoms with Crippen LogP contribution in [0.25, 0.3) is 23.0 Å². The van der Waals surface area contributed by atoms with Gasteiger partial charge in [0.05, 0.1) is 0 Å². The van der Waals surface area contributed by atoms with Gasteiger partial charge in [-0.25, -0.2) is 9.97 Å². The molecule has 0 radical (unpaired) electrons. The fraction of sp³-hybridized carbons (Fsp3) is 0.381. The third kappa shape index (κ3) is 13.2. The van der Waals surface area contributed by atoms with Gasteiger partial charge in [0, 0.05) is 83.0 Å². The number of rotatable bonds is 11. The highest BCUT2D eigenvalue weighted by Gasteiger charge is 2.29. The van der Waals surface area contributed by atoms with Gasteiger partial charge < -0.3 is 25.1 Å². The summed E-state index contributed by atoms with van der Waals surface area (Å²) in [7, 11) is 3.52. The lowest BCUT2D eigenvalue weighted by Gasteiger charge is -2.30. The van der Waals surface area contributed by atoms with Crippen LogP contribution in [0.4, 0.5) is 11.6 Å². The molecule has 26 heteroatoms. The number of anilines is 2. The summed E-state index contributed by atoms with van der Waals surface area (Å²) < 4.78 is 52.4. The molecule has 0 saturated heterocycles. The van der Waals surface area contributed by atoms with E-state index in [9.17, 15) is 26.4 Å². The predicted octanol–water partition coefficient (Wildman–Crippen LogP) is 4.40. The molecule has 3 N–H and O–H groups in total. The molecule has 6 aromatic rings. The van der Waals surface area contributed by atoms with E-state index < -0.39 is 25.4 Å². The predicted molar refractivity (Wildman–Crippen MR) is 259 cm³/mol. The molecule has 0 fully saturated rings. The second-order valence-electron chi connectivity index (χ2n) is 16.2. The van der Waals surface area contributed by atoms with Crippen molar-refractivity contribution < 1.29 is 26.4 Å². The van der Waals surface area contributed by atoms with Gasteiger partial charge in [-0.15, -0.1) is 32.8 Å². The van der Waals surface area contributed by atoms with Crippen LogP contribution in [0.5, 0.6) is 0 Å². The van der Waals surface area contributed by atoms with E-state index in [0.717, 1.165) is 40.5 Å². The van der Waals surface area contributed by atoms with Crippen LogP contribution in [0.1, 0.15) is 83.0 Å². The third-order valence-electron chi connectivity index (χ3n) is 10.4. The summed E-state index contributed by atoms with van der Waals surface area (Å²) in [5.41, 5.74) is 5.82. The van der Waals surface area contributed by atoms with Gasteiger partial charge in [-0.1, -0.05) is 12.1 Å². The first-order chi connectivity index (χ1) is 31.7. The molecule has 68 heavy (non-hydrogen) atoms. The Kier molecular flexibility index (Phi) is 17.9. The van der Waals surface area contributed by atoms with Crippen molar-refractivity contribution in [2.45, 2.75) is 65.7 Å². The number of nitrogens with one attached hydrogen (secondary N) is 3. The monoisotopic (exact) mass is 1010 g/mol. The summed E-state index contributed by atoms with van der Waals surface area (Å²) in [4.78, 5) is 43.1. The number of amides is 2. The SMILES string of the molecule is CC(C)n1cnnc1-c1cccc(NC(=O)c2cc3c(cn2)CCN(S(=O)(=O)N(C)C)C3)n1.CC(C)n1cnnc1-c1cccc(NC(=O)c2cc3c(cn2)CCNC3)n1.CN(C)S(=O)(=O)Cl.Cl. The Morgan fingerprint density at radius 1 is 0.706 bits per heavy atom. The summed E-state index contributed by atoms with van der Waals surface area (Å²) in [6, 6.07) is 14.5. The number of pyridine rings is 4. The van der Waals surface area contributed by atoms with E-state index in [1.54, 1.807) is 55.4 Å². The lowest BCUT2D eigenvalue weighted by Crippen LogP contribution is -2.42. The maximum absolute atomic E-state index is 12.9. The van der Waals surface area contributed by atoms with Crippen molar-refractivity contribution in [2.75, 3.05) is 51.9 Å². The van der Waals surface area contributed by atoms with Gasteiger partial charge in [0.25, 0.3) is 31.3 Å². The van der Waals surface area contributed by atoms with Crippen LogP contribution in [0, 0.1) is 0 Å². The van der Waals surface area contributed by atoms with Crippen LogP contribution < -0.4 is 16.0 Å². The summed E-state index contributed by atoms with van der Waals surface area (Å²) in [5.74, 6) is 1.37. The number of fused-ring (bicyclic) bond motifs is 2. The Balaban J connectivity index is 0.000000223. The minimum Gasteiger partial charge on any atom is -0.312 e. The van der Waals surface area contributed by atoms with Gasteiger partial charge >= 0.3 is 0 Å². The number of halogens is 2. The first-order valence-corrected chi connectivity index (χ1v) is 24.7. The molecule has 0 unspecified atom stereocenters. The Morgan fingerprint density at radius 2 is 1.18 bits per heavy atom. The average Bonchev–Trinajstić information content (AvgIpc) is 4.01. The molecule has 2 aliphatic rings. The number of carbonyl (C=O) groups excluding carboxylic acids is 2. The van der Waals surface area contributed by atoms with E-state index in [1.165, 1.54) is 42.4 Å². The van der Waals surface area contributed by atoms with Gasteiger partial charge in [0.15, 0.2) is 11.6 Å². The fourth-order valence-electron chi connectivity index (χ4n) is 6.68. The van der Waals surface area contributed by atoms with Crippen LogP contribution >= 0.6 is 23.1 Å². The highest BCUT2D eigenvalue weighted by molar-refractivity contribution is 8.11. The second kappa shape index (κ2) is 23.0. The van der Waals surface area contributed by atoms with Crippen molar-refractivity contribution in [1.82, 2.24) is 67.7 Å². The molecule has 0 atom stereocenters. The zero-order valence-electron chi connectivity index (χ0n) is 38.7. The van der Waals surface area contributed by atoms with Gasteiger partial charge in [-0.2, -0.15) is 29.8 Å². The molecule has 22 nitrogen and oxygen atoms in total. The Labute approximate surface area is 406 Å². The maximum atomic E-state index is 12.9. The minimum absolute atomic E-state index is 0. The van der Waals surface area contributed by atoms with Gasteiger partial charge in [0.2, 0.25) is 0 Å². The lowest BCUT2D eigenvalue weighted by atomic mass is 10.0. The number of nitrogens with zero attached hydrogens (tertiary/aromatic N) is 13. The normalized spacial score (nSPS) is 13.7. The molecule has 0 bridgehead atoms. The Morgan fingerprint density at radius 3 is 1.63 bits per heavy atom. The van der Waals surface area contributed by atoms with Crippen LogP contribution in [0.2, 0.25) is 0 Å². The first-order valence-electron chi connectivity index (χ1n) is 21.1. The minimum atomic E-state index is -3.54. The number of aromatic nitrogens is 10. The van der Waals surface area contributed by atoms with E-state index in [1.807, 2.05) is 41.2 Å². The smallest absolute Gasteiger partial charge is 0.299 e. The molecule has 2 amide bonds. The Hall–Kier alpha value is -5.86. The van der Waals surface area contributed by atoms with Crippen molar-refractivity contribution in [2.24, 2.45) is 0 Å². The van der Waals surface area contributed by atoms with Gasteiger partial charge in [-0.05, 0) is 106 Å². The number of carbonyl (C=O) groups is 2. The Bertz CT molecular complexity index is 2950. The van der Waals surface area contributed by atoms with E-state index in [4.69, 9.17) is 10.7 Å². The second-order valence-corrected chi connectivity index (χ2v) is 21.1. The van der Waals surface area contributed by atoms with Crippen LogP contribution in [-0.4, -0.2) is 132 Å². The molecule has 0 aliphatic carbocycles. The van der Waals surface area contributed by atoms with Gasteiger partial charge in [0.1, 0.15) is 47.1 Å². The van der Waals surface area contributed by atoms with Crippen LogP contribution in [-0.2, 0) is 45.4 Å². The quantitative estimate of drug-likeness (QED) is 0.152. The standard InChI is InChI=1S/C21H26N8O3S.C19H21N7O.C2H6ClNO2S.ClH/c1-14(2)29-13-23-26-20(29)17-6-5-7-19(24-17)25-21(30)18-10-16-12-28(33(31,32)27(3)4)9-8-15(16)11-22-18;1-12(2)26-11-22-25-18(26)15-4-3-5-17(23-15)24-19(27)16-8-14-9-20-7-6-13(14)10-21-16;1-4(2)7(3,5)6;/h5-7,10-11,13-14H,8-9,12H2,1-4H3,(H,24,25,30);3-5,8,10-12,20H,6-7,9H2,1-2H3,(H,23,24,27);1-2H3;1H. The molecule has 0 spiro atoms. The van der Waals surface area contributed by atoms with Crippen molar-refractivity contribution in [3.05, 3.63) is 107 Å². The molecule has 8 heterocycles. The molecule has 0 aromatic carbocycles. The fourth-order valence-corrected chi connectivity index (χ4v) is 7.76. The highest BCUT2D eigenvalue weighted by atomic mass is 35.7. The van der Waals surface area contributed by atoms with E-state index in [2.05, 4.69) is 70.1 Å². The maximum Gasteiger partial charge on any atom is 0.299 e. The molecule has 6 aromatic heterocycles. The zero-order chi connectivity index (χ0) is 48.6. The van der Waals surface area contributed by atoms with Crippen molar-refractivity contribution >= 4 is 66.0 Å². The van der Waals surface area contributed by atoms with Crippen LogP contribution in [0.15, 0.2) is 73.6 Å². The van der Waals surface area contributed by atoms with Gasteiger partial charge in [-0.3, -0.25) is 19.6 Å². The summed E-state index contributed by atoms with van der Waals surface area (Å²) >= 11 is 0. The van der Waals surface area contributed by atoms with Crippen molar-refractivity contribution in [3.8, 4) is 23.0 Å². The molecule has 8 rings (SSSR count). The molecular formula is C42H54Cl2N16O6S2. The summed E-state index contributed by atoms with van der Waals surface area (Å²) in [6.45, 7) is 10.4. The summed E-state index contributed by atoms with van der Waals surface area (Å²) in [6.07, 6.45) is 8.22. The summed E-state index contributed by atoms with van der Waals surface area (Å²) in [5, 5.41) is 25.1. The van der Waals surface area contributed by atoms with Crippen LogP contribution in [0.3, 0.4) is 0 Å². The topological polar surface area (TPSA) is 261 Å².